The number of hydrogen-bond acceptors (Lipinski definition) is 1. The fraction of sp³-hybridized carbons (Fsp3) is 0.714. The van der Waals surface area contributed by atoms with E-state index in [2.05, 4.69) is 32.6 Å². The van der Waals surface area contributed by atoms with E-state index in [9.17, 15) is 0 Å². The molecule has 0 aromatic carbocycles. The molecule has 0 aromatic rings. The molecule has 0 radical (unpaired) electrons. The van der Waals surface area contributed by atoms with Crippen LogP contribution in [0.25, 0.3) is 0 Å². The second-order valence-electron chi connectivity index (χ2n) is 2.00. The molecule has 8 heavy (non-hydrogen) atoms. The topological polar surface area (TPSA) is 0 Å². The first kappa shape index (κ1) is 8.09. The second-order valence-corrected chi connectivity index (χ2v) is 2.31. The van der Waals surface area contributed by atoms with Crippen LogP contribution in [0.1, 0.15) is 26.7 Å². The van der Waals surface area contributed by atoms with Crippen LogP contribution >= 0.6 is 12.6 Å². The van der Waals surface area contributed by atoms with Crippen LogP contribution in [0.3, 0.4) is 0 Å². The SMILES string of the molecule is CCC/C=C(\C)CS. The summed E-state index contributed by atoms with van der Waals surface area (Å²) in [6.45, 7) is 4.30. The van der Waals surface area contributed by atoms with Gasteiger partial charge < -0.3 is 0 Å². The van der Waals surface area contributed by atoms with Gasteiger partial charge in [-0.1, -0.05) is 25.0 Å². The van der Waals surface area contributed by atoms with Crippen molar-refractivity contribution in [3.8, 4) is 0 Å². The summed E-state index contributed by atoms with van der Waals surface area (Å²) in [5.74, 6) is 0.903. The van der Waals surface area contributed by atoms with E-state index in [-0.39, 0.29) is 0 Å². The number of thiol groups is 1. The Morgan fingerprint density at radius 3 is 2.62 bits per heavy atom. The van der Waals surface area contributed by atoms with Gasteiger partial charge in [-0.25, -0.2) is 0 Å². The Morgan fingerprint density at radius 1 is 1.62 bits per heavy atom. The lowest BCUT2D eigenvalue weighted by Gasteiger charge is -1.90. The molecular weight excluding hydrogens is 116 g/mol. The minimum atomic E-state index is 0.903. The first-order valence-electron chi connectivity index (χ1n) is 3.07. The molecule has 0 amide bonds. The molecule has 0 rings (SSSR count). The maximum atomic E-state index is 4.12. The van der Waals surface area contributed by atoms with E-state index in [1.165, 1.54) is 18.4 Å². The van der Waals surface area contributed by atoms with Gasteiger partial charge in [-0.05, 0) is 13.3 Å². The molecular formula is C7H14S. The normalized spacial score (nSPS) is 12.1. The van der Waals surface area contributed by atoms with Crippen LogP contribution in [0.2, 0.25) is 0 Å². The van der Waals surface area contributed by atoms with Gasteiger partial charge in [-0.3, -0.25) is 0 Å². The number of hydrogen-bond donors (Lipinski definition) is 1. The Morgan fingerprint density at radius 2 is 2.25 bits per heavy atom. The fourth-order valence-electron chi connectivity index (χ4n) is 0.455. The molecule has 0 fully saturated rings. The average Bonchev–Trinajstić information content (AvgIpc) is 1.83. The predicted octanol–water partition coefficient (Wildman–Crippen LogP) is 2.66. The largest absolute Gasteiger partial charge is 0.175 e. The van der Waals surface area contributed by atoms with Crippen molar-refractivity contribution >= 4 is 12.6 Å². The Kier molecular flexibility index (Phi) is 5.29. The molecule has 0 heterocycles. The average molecular weight is 130 g/mol. The van der Waals surface area contributed by atoms with Crippen molar-refractivity contribution in [3.05, 3.63) is 11.6 Å². The molecule has 0 aliphatic heterocycles. The van der Waals surface area contributed by atoms with Crippen molar-refractivity contribution in [2.75, 3.05) is 5.75 Å². The zero-order valence-electron chi connectivity index (χ0n) is 5.65. The molecule has 0 bridgehead atoms. The summed E-state index contributed by atoms with van der Waals surface area (Å²) >= 11 is 4.12. The zero-order valence-corrected chi connectivity index (χ0v) is 6.54. The van der Waals surface area contributed by atoms with Gasteiger partial charge in [-0.2, -0.15) is 12.6 Å². The second kappa shape index (κ2) is 5.23. The molecule has 0 nitrogen and oxygen atoms in total. The third-order valence-electron chi connectivity index (χ3n) is 1.03. The van der Waals surface area contributed by atoms with Gasteiger partial charge in [0.2, 0.25) is 0 Å². The first-order chi connectivity index (χ1) is 3.81. The van der Waals surface area contributed by atoms with E-state index < -0.39 is 0 Å². The van der Waals surface area contributed by atoms with Crippen molar-refractivity contribution in [2.45, 2.75) is 26.7 Å². The highest BCUT2D eigenvalue weighted by molar-refractivity contribution is 7.80. The van der Waals surface area contributed by atoms with Crippen molar-refractivity contribution in [3.63, 3.8) is 0 Å². The summed E-state index contributed by atoms with van der Waals surface area (Å²) in [6, 6.07) is 0. The number of rotatable bonds is 3. The van der Waals surface area contributed by atoms with Gasteiger partial charge in [0, 0.05) is 5.75 Å². The Bertz CT molecular complexity index is 74.5. The van der Waals surface area contributed by atoms with E-state index in [1.54, 1.807) is 0 Å². The quantitative estimate of drug-likeness (QED) is 0.440. The summed E-state index contributed by atoms with van der Waals surface area (Å²) in [7, 11) is 0. The summed E-state index contributed by atoms with van der Waals surface area (Å²) in [6.07, 6.45) is 4.69. The molecule has 1 heteroatoms. The molecule has 0 saturated carbocycles. The zero-order chi connectivity index (χ0) is 6.41. The van der Waals surface area contributed by atoms with E-state index in [0.717, 1.165) is 5.75 Å². The predicted molar refractivity (Wildman–Crippen MR) is 42.5 cm³/mol. The molecule has 0 N–H and O–H groups in total. The van der Waals surface area contributed by atoms with Crippen LogP contribution < -0.4 is 0 Å². The van der Waals surface area contributed by atoms with Crippen molar-refractivity contribution in [1.29, 1.82) is 0 Å². The molecule has 0 aliphatic carbocycles. The minimum Gasteiger partial charge on any atom is -0.175 e. The molecule has 0 atom stereocenters. The maximum absolute atomic E-state index is 4.12. The maximum Gasteiger partial charge on any atom is 0.0110 e. The van der Waals surface area contributed by atoms with Crippen molar-refractivity contribution < 1.29 is 0 Å². The van der Waals surface area contributed by atoms with Gasteiger partial charge in [-0.15, -0.1) is 0 Å². The highest BCUT2D eigenvalue weighted by Gasteiger charge is 1.80. The highest BCUT2D eigenvalue weighted by Crippen LogP contribution is 1.98. The van der Waals surface area contributed by atoms with Crippen LogP contribution in [-0.4, -0.2) is 5.75 Å². The smallest absolute Gasteiger partial charge is 0.0110 e. The highest BCUT2D eigenvalue weighted by atomic mass is 32.1. The Labute approximate surface area is 57.4 Å². The molecule has 0 saturated heterocycles. The van der Waals surface area contributed by atoms with Gasteiger partial charge in [0.15, 0.2) is 0 Å². The molecule has 0 unspecified atom stereocenters. The molecule has 0 aliphatic rings. The van der Waals surface area contributed by atoms with E-state index in [1.807, 2.05) is 0 Å². The van der Waals surface area contributed by atoms with Crippen LogP contribution in [0, 0.1) is 0 Å². The number of allylic oxidation sites excluding steroid dienone is 1. The number of unbranched alkanes of at least 4 members (excludes halogenated alkanes) is 1. The lowest BCUT2D eigenvalue weighted by atomic mass is 10.2. The van der Waals surface area contributed by atoms with E-state index in [4.69, 9.17) is 0 Å². The molecule has 0 spiro atoms. The van der Waals surface area contributed by atoms with Crippen LogP contribution in [0.15, 0.2) is 11.6 Å². The Hall–Kier alpha value is 0.0900. The van der Waals surface area contributed by atoms with E-state index in [0.29, 0.717) is 0 Å². The van der Waals surface area contributed by atoms with Crippen LogP contribution in [0.5, 0.6) is 0 Å². The summed E-state index contributed by atoms with van der Waals surface area (Å²) in [4.78, 5) is 0. The lowest BCUT2D eigenvalue weighted by Crippen LogP contribution is -1.74. The summed E-state index contributed by atoms with van der Waals surface area (Å²) in [5.41, 5.74) is 1.38. The van der Waals surface area contributed by atoms with Gasteiger partial charge in [0.25, 0.3) is 0 Å². The van der Waals surface area contributed by atoms with Crippen molar-refractivity contribution in [2.24, 2.45) is 0 Å². The van der Waals surface area contributed by atoms with E-state index >= 15 is 0 Å². The molecule has 0 aromatic heterocycles. The third kappa shape index (κ3) is 4.25. The summed E-state index contributed by atoms with van der Waals surface area (Å²) < 4.78 is 0. The van der Waals surface area contributed by atoms with Crippen molar-refractivity contribution in [1.82, 2.24) is 0 Å². The molecule has 48 valence electrons. The summed E-state index contributed by atoms with van der Waals surface area (Å²) in [5, 5.41) is 0. The van der Waals surface area contributed by atoms with Crippen LogP contribution in [0.4, 0.5) is 0 Å². The standard InChI is InChI=1S/C7H14S/c1-3-4-5-7(2)6-8/h5,8H,3-4,6H2,1-2H3/b7-5+. The Balaban J connectivity index is 3.26. The monoisotopic (exact) mass is 130 g/mol. The van der Waals surface area contributed by atoms with Gasteiger partial charge in [0.1, 0.15) is 0 Å². The van der Waals surface area contributed by atoms with Gasteiger partial charge in [0.05, 0.1) is 0 Å². The first-order valence-corrected chi connectivity index (χ1v) is 3.71. The van der Waals surface area contributed by atoms with Crippen LogP contribution in [-0.2, 0) is 0 Å². The fourth-order valence-corrected chi connectivity index (χ4v) is 0.584. The third-order valence-corrected chi connectivity index (χ3v) is 1.53. The minimum absolute atomic E-state index is 0.903. The lowest BCUT2D eigenvalue weighted by molar-refractivity contribution is 0.949. The van der Waals surface area contributed by atoms with Gasteiger partial charge >= 0.3 is 0 Å².